The molecule has 4 aromatic rings. The van der Waals surface area contributed by atoms with E-state index in [1.807, 2.05) is 121 Å². The smallest absolute Gasteiger partial charge is 0.321 e. The molecule has 0 radical (unpaired) electrons. The van der Waals surface area contributed by atoms with Crippen LogP contribution in [0.2, 0.25) is 0 Å². The van der Waals surface area contributed by atoms with Gasteiger partial charge in [-0.15, -0.1) is 0 Å². The maximum absolute atomic E-state index is 11.2. The van der Waals surface area contributed by atoms with Crippen molar-refractivity contribution in [1.82, 2.24) is 0 Å². The molecule has 0 spiro atoms. The summed E-state index contributed by atoms with van der Waals surface area (Å²) >= 11 is 0. The molecule has 36 heavy (non-hydrogen) atoms. The molecule has 0 heterocycles. The van der Waals surface area contributed by atoms with Crippen LogP contribution < -0.4 is 11.5 Å². The fraction of sp³-hybridized carbons (Fsp3) is 0.133. The van der Waals surface area contributed by atoms with Crippen LogP contribution in [0.3, 0.4) is 0 Å². The highest BCUT2D eigenvalue weighted by Crippen LogP contribution is 2.28. The second-order valence-corrected chi connectivity index (χ2v) is 8.33. The molecule has 0 saturated heterocycles. The summed E-state index contributed by atoms with van der Waals surface area (Å²) < 4.78 is 0. The first kappa shape index (κ1) is 26.3. The number of carboxylic acid groups (broad SMARTS) is 2. The van der Waals surface area contributed by atoms with Gasteiger partial charge in [-0.25, -0.2) is 0 Å². The minimum absolute atomic E-state index is 0.329. The predicted molar refractivity (Wildman–Crippen MR) is 141 cm³/mol. The molecule has 0 fully saturated rings. The average Bonchev–Trinajstić information content (AvgIpc) is 2.91. The number of carboxylic acids is 2. The molecule has 0 aromatic heterocycles. The van der Waals surface area contributed by atoms with E-state index in [-0.39, 0.29) is 11.8 Å². The molecule has 4 aromatic carbocycles. The van der Waals surface area contributed by atoms with Crippen LogP contribution >= 0.6 is 0 Å². The molecule has 6 N–H and O–H groups in total. The van der Waals surface area contributed by atoms with Crippen LogP contribution in [0.5, 0.6) is 0 Å². The quantitative estimate of drug-likeness (QED) is 0.294. The van der Waals surface area contributed by atoms with Gasteiger partial charge in [0, 0.05) is 11.8 Å². The summed E-state index contributed by atoms with van der Waals surface area (Å²) in [6, 6.07) is 36.0. The van der Waals surface area contributed by atoms with E-state index < -0.39 is 24.0 Å². The largest absolute Gasteiger partial charge is 0.480 e. The Morgan fingerprint density at radius 2 is 0.639 bits per heavy atom. The maximum atomic E-state index is 11.2. The first-order valence-corrected chi connectivity index (χ1v) is 11.6. The standard InChI is InChI=1S/2C15H15NO2/c2*16-14(15(17)18)13(11-7-3-1-4-8-11)12-9-5-2-6-10-12/h2*1-10,13-14H,16H2,(H,17,18)/t2*14-/m00/s1. The zero-order chi connectivity index (χ0) is 25.9. The highest BCUT2D eigenvalue weighted by Gasteiger charge is 2.28. The molecule has 4 rings (SSSR count). The molecule has 0 saturated carbocycles. The Balaban J connectivity index is 0.000000201. The Morgan fingerprint density at radius 1 is 0.444 bits per heavy atom. The molecule has 2 atom stereocenters. The van der Waals surface area contributed by atoms with Crippen molar-refractivity contribution >= 4 is 11.9 Å². The summed E-state index contributed by atoms with van der Waals surface area (Å²) in [7, 11) is 0. The lowest BCUT2D eigenvalue weighted by molar-refractivity contribution is -0.139. The minimum atomic E-state index is -0.993. The molecular formula is C30H30N2O4. The normalized spacial score (nSPS) is 12.3. The van der Waals surface area contributed by atoms with Gasteiger partial charge in [-0.05, 0) is 22.3 Å². The van der Waals surface area contributed by atoms with Gasteiger partial charge in [0.05, 0.1) is 0 Å². The summed E-state index contributed by atoms with van der Waals surface area (Å²) in [4.78, 5) is 22.3. The Labute approximate surface area is 210 Å². The Morgan fingerprint density at radius 3 is 0.806 bits per heavy atom. The van der Waals surface area contributed by atoms with Crippen LogP contribution in [-0.2, 0) is 9.59 Å². The monoisotopic (exact) mass is 482 g/mol. The third-order valence-electron chi connectivity index (χ3n) is 5.92. The molecule has 6 heteroatoms. The predicted octanol–water partition coefficient (Wildman–Crippen LogP) is 4.46. The Bertz CT molecular complexity index is 1040. The van der Waals surface area contributed by atoms with E-state index in [4.69, 9.17) is 21.7 Å². The lowest BCUT2D eigenvalue weighted by Crippen LogP contribution is -2.37. The number of carbonyl (C=O) groups is 2. The van der Waals surface area contributed by atoms with Gasteiger partial charge in [-0.2, -0.15) is 0 Å². The van der Waals surface area contributed by atoms with Crippen LogP contribution in [-0.4, -0.2) is 34.2 Å². The molecule has 0 aliphatic rings. The molecule has 184 valence electrons. The van der Waals surface area contributed by atoms with Crippen molar-refractivity contribution in [3.05, 3.63) is 144 Å². The second kappa shape index (κ2) is 13.0. The van der Waals surface area contributed by atoms with Gasteiger partial charge >= 0.3 is 11.9 Å². The third-order valence-corrected chi connectivity index (χ3v) is 5.92. The molecule has 0 aliphatic heterocycles. The zero-order valence-corrected chi connectivity index (χ0v) is 19.7. The Hall–Kier alpha value is -4.26. The van der Waals surface area contributed by atoms with Gasteiger partial charge in [0.1, 0.15) is 12.1 Å². The number of benzene rings is 4. The summed E-state index contributed by atoms with van der Waals surface area (Å²) in [5, 5.41) is 18.3. The highest BCUT2D eigenvalue weighted by atomic mass is 16.4. The van der Waals surface area contributed by atoms with E-state index in [0.717, 1.165) is 22.3 Å². The van der Waals surface area contributed by atoms with Crippen molar-refractivity contribution in [1.29, 1.82) is 0 Å². The molecule has 0 unspecified atom stereocenters. The van der Waals surface area contributed by atoms with Crippen LogP contribution in [0, 0.1) is 0 Å². The summed E-state index contributed by atoms with van der Waals surface area (Å²) in [6.07, 6.45) is 0. The van der Waals surface area contributed by atoms with E-state index >= 15 is 0 Å². The van der Waals surface area contributed by atoms with Crippen LogP contribution in [0.15, 0.2) is 121 Å². The van der Waals surface area contributed by atoms with Crippen molar-refractivity contribution in [2.75, 3.05) is 0 Å². The van der Waals surface area contributed by atoms with Crippen molar-refractivity contribution in [2.24, 2.45) is 11.5 Å². The van der Waals surface area contributed by atoms with Gasteiger partial charge in [-0.1, -0.05) is 121 Å². The molecule has 0 bridgehead atoms. The van der Waals surface area contributed by atoms with E-state index in [1.165, 1.54) is 0 Å². The first-order chi connectivity index (χ1) is 17.4. The topological polar surface area (TPSA) is 127 Å². The van der Waals surface area contributed by atoms with Crippen molar-refractivity contribution < 1.29 is 19.8 Å². The molecule has 0 aliphatic carbocycles. The summed E-state index contributed by atoms with van der Waals surface area (Å²) in [5.74, 6) is -2.64. The van der Waals surface area contributed by atoms with Crippen molar-refractivity contribution in [3.63, 3.8) is 0 Å². The fourth-order valence-corrected chi connectivity index (χ4v) is 4.14. The van der Waals surface area contributed by atoms with Gasteiger partial charge in [0.2, 0.25) is 0 Å². The molecule has 0 amide bonds. The summed E-state index contributed by atoms with van der Waals surface area (Å²) in [5.41, 5.74) is 15.3. The second-order valence-electron chi connectivity index (χ2n) is 8.33. The van der Waals surface area contributed by atoms with Gasteiger partial charge < -0.3 is 21.7 Å². The van der Waals surface area contributed by atoms with Crippen molar-refractivity contribution in [2.45, 2.75) is 23.9 Å². The van der Waals surface area contributed by atoms with Crippen LogP contribution in [0.1, 0.15) is 34.1 Å². The average molecular weight is 483 g/mol. The van der Waals surface area contributed by atoms with Gasteiger partial charge in [0.15, 0.2) is 0 Å². The van der Waals surface area contributed by atoms with Crippen LogP contribution in [0.25, 0.3) is 0 Å². The Kier molecular flexibility index (Phi) is 9.51. The SMILES string of the molecule is N[C@H](C(=O)O)C(c1ccccc1)c1ccccc1.N[C@H](C(=O)O)C(c1ccccc1)c1ccccc1. The lowest BCUT2D eigenvalue weighted by atomic mass is 9.85. The van der Waals surface area contributed by atoms with Gasteiger partial charge in [0.25, 0.3) is 0 Å². The van der Waals surface area contributed by atoms with E-state index in [1.54, 1.807) is 0 Å². The zero-order valence-electron chi connectivity index (χ0n) is 19.7. The molecule has 6 nitrogen and oxygen atoms in total. The maximum Gasteiger partial charge on any atom is 0.321 e. The number of hydrogen-bond acceptors (Lipinski definition) is 4. The van der Waals surface area contributed by atoms with E-state index in [2.05, 4.69) is 0 Å². The lowest BCUT2D eigenvalue weighted by Gasteiger charge is -2.21. The van der Waals surface area contributed by atoms with Crippen molar-refractivity contribution in [3.8, 4) is 0 Å². The number of nitrogens with two attached hydrogens (primary N) is 2. The van der Waals surface area contributed by atoms with Gasteiger partial charge in [-0.3, -0.25) is 9.59 Å². The summed E-state index contributed by atoms with van der Waals surface area (Å²) in [6.45, 7) is 0. The minimum Gasteiger partial charge on any atom is -0.480 e. The van der Waals surface area contributed by atoms with Crippen LogP contribution in [0.4, 0.5) is 0 Å². The van der Waals surface area contributed by atoms with E-state index in [0.29, 0.717) is 0 Å². The van der Waals surface area contributed by atoms with E-state index in [9.17, 15) is 9.59 Å². The number of aliphatic carboxylic acids is 2. The third kappa shape index (κ3) is 6.88. The number of hydrogen-bond donors (Lipinski definition) is 4. The fourth-order valence-electron chi connectivity index (χ4n) is 4.14. The number of rotatable bonds is 8. The molecular weight excluding hydrogens is 452 g/mol. The highest BCUT2D eigenvalue weighted by molar-refractivity contribution is 5.76. The first-order valence-electron chi connectivity index (χ1n) is 11.6.